The predicted octanol–water partition coefficient (Wildman–Crippen LogP) is 3.93. The summed E-state index contributed by atoms with van der Waals surface area (Å²) in [6.07, 6.45) is 2.32. The molecule has 0 atom stereocenters. The summed E-state index contributed by atoms with van der Waals surface area (Å²) in [5.74, 6) is 0. The highest BCUT2D eigenvalue weighted by molar-refractivity contribution is 6.00. The number of rotatable bonds is 6. The fraction of sp³-hybridized carbons (Fsp3) is 0.650. The summed E-state index contributed by atoms with van der Waals surface area (Å²) in [6.45, 7) is 11.9. The van der Waals surface area contributed by atoms with Crippen molar-refractivity contribution in [1.29, 1.82) is 0 Å². The number of nitrogens with zero attached hydrogens (tertiary/aromatic N) is 2. The highest BCUT2D eigenvalue weighted by Crippen LogP contribution is 2.22. The van der Waals surface area contributed by atoms with Crippen molar-refractivity contribution in [3.63, 3.8) is 0 Å². The summed E-state index contributed by atoms with van der Waals surface area (Å²) >= 11 is 0. The number of hydroxylamine groups is 1. The first kappa shape index (κ1) is 21.2. The monoisotopic (exact) mass is 377 g/mol. The van der Waals surface area contributed by atoms with Gasteiger partial charge in [-0.3, -0.25) is 9.82 Å². The molecule has 1 aromatic rings. The van der Waals surface area contributed by atoms with E-state index in [0.29, 0.717) is 6.61 Å². The second kappa shape index (κ2) is 8.69. The van der Waals surface area contributed by atoms with Crippen molar-refractivity contribution in [3.8, 4) is 0 Å². The molecule has 1 aliphatic rings. The SMILES string of the molecule is Cc1ccc2c(n1)/C(=N/OCC(C)(C)CONC(=O)OC(C)(C)C)CCC2. The Labute approximate surface area is 161 Å². The van der Waals surface area contributed by atoms with Gasteiger partial charge in [0.15, 0.2) is 0 Å². The van der Waals surface area contributed by atoms with E-state index in [1.807, 2.05) is 26.8 Å². The number of oxime groups is 1. The molecule has 1 aromatic heterocycles. The van der Waals surface area contributed by atoms with E-state index in [4.69, 9.17) is 14.4 Å². The molecule has 1 heterocycles. The number of aromatic nitrogens is 1. The van der Waals surface area contributed by atoms with Gasteiger partial charge in [-0.2, -0.15) is 5.48 Å². The summed E-state index contributed by atoms with van der Waals surface area (Å²) in [7, 11) is 0. The Kier molecular flexibility index (Phi) is 6.81. The average Bonchev–Trinajstić information content (AvgIpc) is 2.53. The maximum atomic E-state index is 11.6. The molecule has 0 aromatic carbocycles. The zero-order chi connectivity index (χ0) is 20.1. The molecule has 150 valence electrons. The number of hydrogen-bond donors (Lipinski definition) is 1. The molecule has 0 aliphatic heterocycles. The van der Waals surface area contributed by atoms with E-state index in [1.54, 1.807) is 20.8 Å². The van der Waals surface area contributed by atoms with Gasteiger partial charge in [0.05, 0.1) is 12.3 Å². The van der Waals surface area contributed by atoms with Gasteiger partial charge >= 0.3 is 6.09 Å². The lowest BCUT2D eigenvalue weighted by Gasteiger charge is -2.24. The van der Waals surface area contributed by atoms with Crippen LogP contribution >= 0.6 is 0 Å². The van der Waals surface area contributed by atoms with Crippen LogP contribution in [0.2, 0.25) is 0 Å². The predicted molar refractivity (Wildman–Crippen MR) is 104 cm³/mol. The van der Waals surface area contributed by atoms with Crippen LogP contribution in [0.15, 0.2) is 17.3 Å². The van der Waals surface area contributed by atoms with E-state index in [0.717, 1.165) is 36.4 Å². The first-order valence-electron chi connectivity index (χ1n) is 9.32. The van der Waals surface area contributed by atoms with Crippen molar-refractivity contribution >= 4 is 11.8 Å². The van der Waals surface area contributed by atoms with Crippen molar-refractivity contribution < 1.29 is 19.2 Å². The smallest absolute Gasteiger partial charge is 0.431 e. The highest BCUT2D eigenvalue weighted by atomic mass is 16.7. The third-order valence-corrected chi connectivity index (χ3v) is 3.90. The van der Waals surface area contributed by atoms with Crippen molar-refractivity contribution in [2.45, 2.75) is 66.4 Å². The topological polar surface area (TPSA) is 82.0 Å². The largest absolute Gasteiger partial charge is 0.442 e. The molecular formula is C20H31N3O4. The molecule has 0 spiro atoms. The number of amides is 1. The van der Waals surface area contributed by atoms with Crippen LogP contribution < -0.4 is 5.48 Å². The van der Waals surface area contributed by atoms with Gasteiger partial charge in [-0.1, -0.05) is 25.1 Å². The molecule has 1 aliphatic carbocycles. The van der Waals surface area contributed by atoms with Crippen LogP contribution in [0.5, 0.6) is 0 Å². The lowest BCUT2D eigenvalue weighted by atomic mass is 9.94. The number of hydrogen-bond acceptors (Lipinski definition) is 6. The molecule has 7 heteroatoms. The summed E-state index contributed by atoms with van der Waals surface area (Å²) in [6, 6.07) is 4.15. The lowest BCUT2D eigenvalue weighted by Crippen LogP contribution is -2.36. The zero-order valence-electron chi connectivity index (χ0n) is 17.2. The molecule has 27 heavy (non-hydrogen) atoms. The van der Waals surface area contributed by atoms with Crippen molar-refractivity contribution in [1.82, 2.24) is 10.5 Å². The third-order valence-electron chi connectivity index (χ3n) is 3.90. The normalized spacial score (nSPS) is 16.0. The molecule has 0 radical (unpaired) electrons. The summed E-state index contributed by atoms with van der Waals surface area (Å²) in [4.78, 5) is 27.1. The molecule has 1 amide bonds. The number of carbonyl (C=O) groups is 1. The maximum absolute atomic E-state index is 11.6. The number of nitrogens with one attached hydrogen (secondary N) is 1. The van der Waals surface area contributed by atoms with E-state index in [2.05, 4.69) is 21.7 Å². The number of aryl methyl sites for hydroxylation is 2. The van der Waals surface area contributed by atoms with Gasteiger partial charge < -0.3 is 9.57 Å². The molecule has 0 unspecified atom stereocenters. The number of ether oxygens (including phenoxy) is 1. The average molecular weight is 377 g/mol. The van der Waals surface area contributed by atoms with Crippen molar-refractivity contribution in [3.05, 3.63) is 29.1 Å². The molecule has 0 saturated heterocycles. The second-order valence-electron chi connectivity index (χ2n) is 8.68. The van der Waals surface area contributed by atoms with Crippen LogP contribution in [0.25, 0.3) is 0 Å². The van der Waals surface area contributed by atoms with Crippen LogP contribution in [-0.2, 0) is 20.8 Å². The first-order chi connectivity index (χ1) is 12.6. The van der Waals surface area contributed by atoms with Gasteiger partial charge in [-0.25, -0.2) is 4.79 Å². The third kappa shape index (κ3) is 7.17. The fourth-order valence-electron chi connectivity index (χ4n) is 2.61. The van der Waals surface area contributed by atoms with Crippen LogP contribution in [0, 0.1) is 12.3 Å². The minimum absolute atomic E-state index is 0.269. The molecule has 0 fully saturated rings. The first-order valence-corrected chi connectivity index (χ1v) is 9.32. The molecule has 1 N–H and O–H groups in total. The van der Waals surface area contributed by atoms with E-state index in [1.165, 1.54) is 5.56 Å². The van der Waals surface area contributed by atoms with Crippen LogP contribution in [-0.4, -0.2) is 35.6 Å². The minimum atomic E-state index is -0.611. The Hall–Kier alpha value is -2.15. The molecular weight excluding hydrogens is 346 g/mol. The van der Waals surface area contributed by atoms with Crippen molar-refractivity contribution in [2.24, 2.45) is 10.6 Å². The Balaban J connectivity index is 1.83. The van der Waals surface area contributed by atoms with E-state index in [9.17, 15) is 4.79 Å². The van der Waals surface area contributed by atoms with Gasteiger partial charge in [0, 0.05) is 11.1 Å². The highest BCUT2D eigenvalue weighted by Gasteiger charge is 2.23. The molecule has 0 saturated carbocycles. The second-order valence-corrected chi connectivity index (χ2v) is 8.68. The van der Waals surface area contributed by atoms with Gasteiger partial charge in [-0.15, -0.1) is 0 Å². The summed E-state index contributed by atoms with van der Waals surface area (Å²) in [5, 5.41) is 4.33. The Morgan fingerprint density at radius 3 is 2.63 bits per heavy atom. The molecule has 7 nitrogen and oxygen atoms in total. The quantitative estimate of drug-likeness (QED) is 0.760. The lowest BCUT2D eigenvalue weighted by molar-refractivity contribution is -0.0513. The van der Waals surface area contributed by atoms with Gasteiger partial charge in [0.25, 0.3) is 0 Å². The number of carbonyl (C=O) groups excluding carboxylic acids is 1. The van der Waals surface area contributed by atoms with Crippen LogP contribution in [0.4, 0.5) is 4.79 Å². The number of pyridine rings is 1. The van der Waals surface area contributed by atoms with E-state index < -0.39 is 11.7 Å². The Morgan fingerprint density at radius 2 is 1.93 bits per heavy atom. The van der Waals surface area contributed by atoms with Crippen molar-refractivity contribution in [2.75, 3.05) is 13.2 Å². The van der Waals surface area contributed by atoms with Gasteiger partial charge in [0.1, 0.15) is 17.9 Å². The minimum Gasteiger partial charge on any atom is -0.442 e. The van der Waals surface area contributed by atoms with Crippen LogP contribution in [0.3, 0.4) is 0 Å². The molecule has 2 rings (SSSR count). The Morgan fingerprint density at radius 1 is 1.19 bits per heavy atom. The molecule has 0 bridgehead atoms. The van der Waals surface area contributed by atoms with Gasteiger partial charge in [-0.05, 0) is 58.6 Å². The maximum Gasteiger partial charge on any atom is 0.431 e. The number of fused-ring (bicyclic) bond motifs is 1. The summed E-state index contributed by atoms with van der Waals surface area (Å²) < 4.78 is 5.12. The zero-order valence-corrected chi connectivity index (χ0v) is 17.2. The fourth-order valence-corrected chi connectivity index (χ4v) is 2.61. The summed E-state index contributed by atoms with van der Waals surface area (Å²) in [5.41, 5.74) is 5.43. The Bertz CT molecular complexity index is 693. The standard InChI is InChI=1S/C20H31N3O4/c1-14-10-11-15-8-7-9-16(17(15)21-14)22-25-12-20(5,6)13-26-23-18(24)27-19(2,3)4/h10-11H,7-9,12-13H2,1-6H3,(H,23,24)/b22-16+. The van der Waals surface area contributed by atoms with E-state index in [-0.39, 0.29) is 12.0 Å². The van der Waals surface area contributed by atoms with Crippen LogP contribution in [0.1, 0.15) is 64.4 Å². The van der Waals surface area contributed by atoms with E-state index >= 15 is 0 Å². The van der Waals surface area contributed by atoms with Gasteiger partial charge in [0.2, 0.25) is 0 Å².